The summed E-state index contributed by atoms with van der Waals surface area (Å²) in [7, 11) is 0. The molecule has 102 valence electrons. The van der Waals surface area contributed by atoms with Crippen molar-refractivity contribution in [2.45, 2.75) is 31.9 Å². The number of rotatable bonds is 1. The van der Waals surface area contributed by atoms with Crippen molar-refractivity contribution in [3.63, 3.8) is 0 Å². The molecule has 2 heterocycles. The van der Waals surface area contributed by atoms with Crippen molar-refractivity contribution in [1.29, 1.82) is 0 Å². The highest BCUT2D eigenvalue weighted by atomic mass is 35.5. The molecule has 4 heteroatoms. The second-order valence-electron chi connectivity index (χ2n) is 5.51. The van der Waals surface area contributed by atoms with Gasteiger partial charge < -0.3 is 9.64 Å². The summed E-state index contributed by atoms with van der Waals surface area (Å²) in [5.74, 6) is 0.575. The molecule has 1 amide bonds. The average molecular weight is 280 g/mol. The van der Waals surface area contributed by atoms with E-state index in [0.717, 1.165) is 24.1 Å². The van der Waals surface area contributed by atoms with Crippen molar-refractivity contribution in [1.82, 2.24) is 4.90 Å². The Morgan fingerprint density at radius 2 is 2.16 bits per heavy atom. The van der Waals surface area contributed by atoms with E-state index in [2.05, 4.69) is 6.92 Å². The van der Waals surface area contributed by atoms with E-state index in [0.29, 0.717) is 25.7 Å². The number of piperidine rings is 1. The van der Waals surface area contributed by atoms with Crippen LogP contribution in [0.1, 0.15) is 34.8 Å². The van der Waals surface area contributed by atoms with Gasteiger partial charge >= 0.3 is 0 Å². The maximum absolute atomic E-state index is 12.5. The maximum atomic E-state index is 12.5. The van der Waals surface area contributed by atoms with Crippen molar-refractivity contribution in [3.8, 4) is 0 Å². The lowest BCUT2D eigenvalue weighted by Gasteiger charge is -2.34. The molecule has 0 aliphatic carbocycles. The van der Waals surface area contributed by atoms with Gasteiger partial charge in [-0.3, -0.25) is 4.79 Å². The maximum Gasteiger partial charge on any atom is 0.253 e. The van der Waals surface area contributed by atoms with Gasteiger partial charge in [-0.05, 0) is 35.6 Å². The Kier molecular flexibility index (Phi) is 3.50. The third-order valence-electron chi connectivity index (χ3n) is 4.12. The lowest BCUT2D eigenvalue weighted by atomic mass is 9.97. The number of carbonyl (C=O) groups is 1. The Bertz CT molecular complexity index is 503. The molecule has 1 aromatic rings. The minimum absolute atomic E-state index is 0.0652. The molecule has 2 aliphatic heterocycles. The number of hydrogen-bond donors (Lipinski definition) is 0. The average Bonchev–Trinajstić information content (AvgIpc) is 2.88. The molecule has 0 spiro atoms. The molecule has 0 bridgehead atoms. The summed E-state index contributed by atoms with van der Waals surface area (Å²) in [6.45, 7) is 4.87. The van der Waals surface area contributed by atoms with Gasteiger partial charge in [0.1, 0.15) is 0 Å². The Labute approximate surface area is 118 Å². The summed E-state index contributed by atoms with van der Waals surface area (Å²) in [5, 5.41) is 0.0652. The molecule has 0 saturated carbocycles. The Morgan fingerprint density at radius 1 is 1.37 bits per heavy atom. The van der Waals surface area contributed by atoms with E-state index < -0.39 is 0 Å². The van der Waals surface area contributed by atoms with Gasteiger partial charge in [-0.15, -0.1) is 11.6 Å². The first-order chi connectivity index (χ1) is 9.15. The summed E-state index contributed by atoms with van der Waals surface area (Å²) in [5.41, 5.74) is 3.08. The number of benzene rings is 1. The van der Waals surface area contributed by atoms with Gasteiger partial charge in [-0.25, -0.2) is 0 Å². The second kappa shape index (κ2) is 5.14. The first kappa shape index (κ1) is 12.9. The van der Waals surface area contributed by atoms with Crippen LogP contribution in [-0.2, 0) is 18.0 Å². The van der Waals surface area contributed by atoms with Crippen LogP contribution in [0.5, 0.6) is 0 Å². The van der Waals surface area contributed by atoms with E-state index in [1.165, 1.54) is 5.56 Å². The van der Waals surface area contributed by atoms with E-state index in [4.69, 9.17) is 16.3 Å². The van der Waals surface area contributed by atoms with Crippen molar-refractivity contribution in [3.05, 3.63) is 34.9 Å². The van der Waals surface area contributed by atoms with Crippen molar-refractivity contribution < 1.29 is 9.53 Å². The summed E-state index contributed by atoms with van der Waals surface area (Å²) in [6, 6.07) is 5.86. The van der Waals surface area contributed by atoms with Gasteiger partial charge in [0, 0.05) is 18.7 Å². The van der Waals surface area contributed by atoms with E-state index in [1.807, 2.05) is 23.1 Å². The highest BCUT2D eigenvalue weighted by Gasteiger charge is 2.28. The second-order valence-corrected chi connectivity index (χ2v) is 6.07. The lowest BCUT2D eigenvalue weighted by molar-refractivity contribution is 0.0701. The molecular weight excluding hydrogens is 262 g/mol. The predicted octanol–water partition coefficient (Wildman–Crippen LogP) is 2.81. The minimum Gasteiger partial charge on any atom is -0.372 e. The van der Waals surface area contributed by atoms with Crippen LogP contribution in [0.3, 0.4) is 0 Å². The largest absolute Gasteiger partial charge is 0.372 e. The number of halogens is 1. The molecule has 3 rings (SSSR count). The third-order valence-corrected chi connectivity index (χ3v) is 4.69. The summed E-state index contributed by atoms with van der Waals surface area (Å²) < 4.78 is 5.38. The van der Waals surface area contributed by atoms with Crippen molar-refractivity contribution in [2.75, 3.05) is 13.1 Å². The minimum atomic E-state index is 0.0652. The molecule has 1 fully saturated rings. The van der Waals surface area contributed by atoms with Gasteiger partial charge in [0.05, 0.1) is 18.6 Å². The first-order valence-electron chi connectivity index (χ1n) is 6.78. The molecule has 1 aromatic carbocycles. The summed E-state index contributed by atoms with van der Waals surface area (Å²) in [4.78, 5) is 14.3. The van der Waals surface area contributed by atoms with Gasteiger partial charge in [0.15, 0.2) is 0 Å². The van der Waals surface area contributed by atoms with E-state index >= 15 is 0 Å². The highest BCUT2D eigenvalue weighted by Crippen LogP contribution is 2.25. The Balaban J connectivity index is 1.77. The molecule has 2 aliphatic rings. The number of ether oxygens (including phenoxy) is 1. The van der Waals surface area contributed by atoms with Crippen molar-refractivity contribution in [2.24, 2.45) is 5.92 Å². The third kappa shape index (κ3) is 2.49. The van der Waals surface area contributed by atoms with Crippen LogP contribution in [0.4, 0.5) is 0 Å². The standard InChI is InChI=1S/C15H18ClNO2/c1-10-4-5-17(7-14(10)16)15(18)11-2-3-12-8-19-9-13(12)6-11/h2-3,6,10,14H,4-5,7-9H2,1H3. The molecule has 0 radical (unpaired) electrons. The quantitative estimate of drug-likeness (QED) is 0.740. The zero-order chi connectivity index (χ0) is 13.4. The number of hydrogen-bond acceptors (Lipinski definition) is 2. The Hall–Kier alpha value is -1.06. The number of likely N-dealkylation sites (tertiary alicyclic amines) is 1. The molecule has 19 heavy (non-hydrogen) atoms. The monoisotopic (exact) mass is 279 g/mol. The van der Waals surface area contributed by atoms with Crippen LogP contribution in [0.25, 0.3) is 0 Å². The van der Waals surface area contributed by atoms with E-state index in [1.54, 1.807) is 0 Å². The van der Waals surface area contributed by atoms with Gasteiger partial charge in [-0.1, -0.05) is 13.0 Å². The lowest BCUT2D eigenvalue weighted by Crippen LogP contribution is -2.43. The van der Waals surface area contributed by atoms with Crippen molar-refractivity contribution >= 4 is 17.5 Å². The molecule has 2 unspecified atom stereocenters. The number of alkyl halides is 1. The van der Waals surface area contributed by atoms with Crippen LogP contribution >= 0.6 is 11.6 Å². The van der Waals surface area contributed by atoms with Gasteiger partial charge in [0.25, 0.3) is 5.91 Å². The zero-order valence-corrected chi connectivity index (χ0v) is 11.8. The predicted molar refractivity (Wildman–Crippen MR) is 74.3 cm³/mol. The molecular formula is C15H18ClNO2. The Morgan fingerprint density at radius 3 is 2.95 bits per heavy atom. The van der Waals surface area contributed by atoms with E-state index in [9.17, 15) is 4.79 Å². The topological polar surface area (TPSA) is 29.5 Å². The zero-order valence-electron chi connectivity index (χ0n) is 11.1. The smallest absolute Gasteiger partial charge is 0.253 e. The highest BCUT2D eigenvalue weighted by molar-refractivity contribution is 6.21. The molecule has 2 atom stereocenters. The molecule has 3 nitrogen and oxygen atoms in total. The van der Waals surface area contributed by atoms with Crippen LogP contribution in [0.15, 0.2) is 18.2 Å². The number of amides is 1. The van der Waals surface area contributed by atoms with Crippen LogP contribution in [0.2, 0.25) is 0 Å². The fraction of sp³-hybridized carbons (Fsp3) is 0.533. The summed E-state index contributed by atoms with van der Waals surface area (Å²) >= 11 is 6.27. The van der Waals surface area contributed by atoms with Gasteiger partial charge in [-0.2, -0.15) is 0 Å². The van der Waals surface area contributed by atoms with Crippen LogP contribution < -0.4 is 0 Å². The van der Waals surface area contributed by atoms with Crippen LogP contribution in [-0.4, -0.2) is 29.3 Å². The van der Waals surface area contributed by atoms with Crippen LogP contribution in [0, 0.1) is 5.92 Å². The van der Waals surface area contributed by atoms with Gasteiger partial charge in [0.2, 0.25) is 0 Å². The summed E-state index contributed by atoms with van der Waals surface area (Å²) in [6.07, 6.45) is 0.980. The first-order valence-corrected chi connectivity index (χ1v) is 7.21. The molecule has 1 saturated heterocycles. The fourth-order valence-electron chi connectivity index (χ4n) is 2.69. The fourth-order valence-corrected chi connectivity index (χ4v) is 2.99. The molecule has 0 aromatic heterocycles. The number of carbonyl (C=O) groups excluding carboxylic acids is 1. The number of nitrogens with zero attached hydrogens (tertiary/aromatic N) is 1. The molecule has 0 N–H and O–H groups in total. The number of fused-ring (bicyclic) bond motifs is 1. The normalized spacial score (nSPS) is 26.3. The van der Waals surface area contributed by atoms with E-state index in [-0.39, 0.29) is 11.3 Å². The SMILES string of the molecule is CC1CCN(C(=O)c2ccc3c(c2)COC3)CC1Cl.